The Bertz CT molecular complexity index is 751. The summed E-state index contributed by atoms with van der Waals surface area (Å²) in [5.74, 6) is 0. The van der Waals surface area contributed by atoms with Crippen molar-refractivity contribution in [3.63, 3.8) is 0 Å². The second-order valence-corrected chi connectivity index (χ2v) is 7.60. The SMILES string of the molecule is Cc1c(C2CNCCN2C(=O)OC(C)(C)C)nnn1Cc1ccccc1. The van der Waals surface area contributed by atoms with Crippen LogP contribution in [-0.2, 0) is 11.3 Å². The summed E-state index contributed by atoms with van der Waals surface area (Å²) in [6, 6.07) is 9.97. The van der Waals surface area contributed by atoms with Gasteiger partial charge in [0.25, 0.3) is 0 Å². The summed E-state index contributed by atoms with van der Waals surface area (Å²) >= 11 is 0. The van der Waals surface area contributed by atoms with Crippen molar-refractivity contribution in [1.82, 2.24) is 25.2 Å². The largest absolute Gasteiger partial charge is 0.444 e. The van der Waals surface area contributed by atoms with Crippen LogP contribution in [0.25, 0.3) is 0 Å². The predicted molar refractivity (Wildman–Crippen MR) is 98.9 cm³/mol. The third kappa shape index (κ3) is 4.22. The van der Waals surface area contributed by atoms with Crippen molar-refractivity contribution < 1.29 is 9.53 Å². The van der Waals surface area contributed by atoms with Gasteiger partial charge in [-0.25, -0.2) is 9.48 Å². The molecular weight excluding hydrogens is 330 g/mol. The number of carbonyl (C=O) groups excluding carboxylic acids is 1. The zero-order valence-electron chi connectivity index (χ0n) is 15.9. The van der Waals surface area contributed by atoms with Gasteiger partial charge in [-0.3, -0.25) is 4.90 Å². The van der Waals surface area contributed by atoms with Crippen LogP contribution in [0.2, 0.25) is 0 Å². The minimum Gasteiger partial charge on any atom is -0.444 e. The molecule has 0 saturated carbocycles. The Morgan fingerprint density at radius 3 is 2.73 bits per heavy atom. The second kappa shape index (κ2) is 7.45. The lowest BCUT2D eigenvalue weighted by Crippen LogP contribution is -2.50. The van der Waals surface area contributed by atoms with E-state index in [2.05, 4.69) is 27.8 Å². The van der Waals surface area contributed by atoms with Crippen LogP contribution in [0, 0.1) is 6.92 Å². The second-order valence-electron chi connectivity index (χ2n) is 7.60. The minimum absolute atomic E-state index is 0.178. The number of benzene rings is 1. The van der Waals surface area contributed by atoms with Crippen LogP contribution in [0.4, 0.5) is 4.79 Å². The van der Waals surface area contributed by atoms with Gasteiger partial charge in [-0.1, -0.05) is 35.5 Å². The highest BCUT2D eigenvalue weighted by Crippen LogP contribution is 2.25. The van der Waals surface area contributed by atoms with E-state index in [-0.39, 0.29) is 12.1 Å². The van der Waals surface area contributed by atoms with E-state index in [1.165, 1.54) is 0 Å². The Kier molecular flexibility index (Phi) is 5.27. The topological polar surface area (TPSA) is 72.3 Å². The molecule has 0 aliphatic carbocycles. The Labute approximate surface area is 154 Å². The fourth-order valence-electron chi connectivity index (χ4n) is 3.08. The number of aromatic nitrogens is 3. The van der Waals surface area contributed by atoms with Gasteiger partial charge < -0.3 is 10.1 Å². The van der Waals surface area contributed by atoms with Crippen molar-refractivity contribution in [2.45, 2.75) is 45.9 Å². The van der Waals surface area contributed by atoms with Gasteiger partial charge in [0.1, 0.15) is 11.3 Å². The number of ether oxygens (including phenoxy) is 1. The molecule has 0 spiro atoms. The van der Waals surface area contributed by atoms with Gasteiger partial charge in [-0.15, -0.1) is 5.10 Å². The summed E-state index contributed by atoms with van der Waals surface area (Å²) in [5.41, 5.74) is 2.43. The maximum atomic E-state index is 12.6. The Morgan fingerprint density at radius 2 is 2.04 bits per heavy atom. The van der Waals surface area contributed by atoms with Gasteiger partial charge in [0, 0.05) is 19.6 Å². The van der Waals surface area contributed by atoms with Crippen LogP contribution in [-0.4, -0.2) is 51.2 Å². The number of amides is 1. The van der Waals surface area contributed by atoms with Gasteiger partial charge in [0.15, 0.2) is 0 Å². The molecule has 3 rings (SSSR count). The van der Waals surface area contributed by atoms with Gasteiger partial charge >= 0.3 is 6.09 Å². The highest BCUT2D eigenvalue weighted by Gasteiger charge is 2.34. The summed E-state index contributed by atoms with van der Waals surface area (Å²) in [6.07, 6.45) is -0.305. The molecule has 1 atom stereocenters. The number of nitrogens with one attached hydrogen (secondary N) is 1. The molecule has 1 fully saturated rings. The highest BCUT2D eigenvalue weighted by molar-refractivity contribution is 5.69. The molecule has 0 radical (unpaired) electrons. The molecule has 1 aliphatic rings. The molecule has 1 aromatic heterocycles. The monoisotopic (exact) mass is 357 g/mol. The summed E-state index contributed by atoms with van der Waals surface area (Å²) in [7, 11) is 0. The number of nitrogens with zero attached hydrogens (tertiary/aromatic N) is 4. The lowest BCUT2D eigenvalue weighted by molar-refractivity contribution is 0.0112. The zero-order chi connectivity index (χ0) is 18.7. The molecule has 2 aromatic rings. The van der Waals surface area contributed by atoms with Crippen LogP contribution in [0.1, 0.15) is 43.8 Å². The van der Waals surface area contributed by atoms with E-state index in [0.717, 1.165) is 23.5 Å². The molecular formula is C19H27N5O2. The number of carbonyl (C=O) groups is 1. The molecule has 0 bridgehead atoms. The predicted octanol–water partition coefficient (Wildman–Crippen LogP) is 2.52. The Balaban J connectivity index is 1.81. The van der Waals surface area contributed by atoms with Gasteiger partial charge in [0.05, 0.1) is 18.3 Å². The lowest BCUT2D eigenvalue weighted by atomic mass is 10.1. The molecule has 1 saturated heterocycles. The first-order valence-corrected chi connectivity index (χ1v) is 8.99. The molecule has 1 unspecified atom stereocenters. The molecule has 7 nitrogen and oxygen atoms in total. The molecule has 1 aromatic carbocycles. The van der Waals surface area contributed by atoms with Crippen molar-refractivity contribution in [1.29, 1.82) is 0 Å². The maximum Gasteiger partial charge on any atom is 0.410 e. The fraction of sp³-hybridized carbons (Fsp3) is 0.526. The van der Waals surface area contributed by atoms with E-state index >= 15 is 0 Å². The van der Waals surface area contributed by atoms with E-state index in [0.29, 0.717) is 19.6 Å². The summed E-state index contributed by atoms with van der Waals surface area (Å²) < 4.78 is 7.46. The average molecular weight is 357 g/mol. The highest BCUT2D eigenvalue weighted by atomic mass is 16.6. The quantitative estimate of drug-likeness (QED) is 0.914. The summed E-state index contributed by atoms with van der Waals surface area (Å²) in [5, 5.41) is 12.0. The Morgan fingerprint density at radius 1 is 1.31 bits per heavy atom. The summed E-state index contributed by atoms with van der Waals surface area (Å²) in [4.78, 5) is 14.4. The van der Waals surface area contributed by atoms with E-state index < -0.39 is 5.60 Å². The molecule has 140 valence electrons. The van der Waals surface area contributed by atoms with Crippen LogP contribution < -0.4 is 5.32 Å². The van der Waals surface area contributed by atoms with Crippen LogP contribution in [0.3, 0.4) is 0 Å². The first kappa shape index (κ1) is 18.4. The third-order valence-corrected chi connectivity index (χ3v) is 4.38. The van der Waals surface area contributed by atoms with E-state index in [4.69, 9.17) is 4.74 Å². The van der Waals surface area contributed by atoms with Crippen LogP contribution >= 0.6 is 0 Å². The smallest absolute Gasteiger partial charge is 0.410 e. The fourth-order valence-corrected chi connectivity index (χ4v) is 3.08. The number of piperazine rings is 1. The molecule has 1 N–H and O–H groups in total. The molecule has 26 heavy (non-hydrogen) atoms. The molecule has 7 heteroatoms. The normalized spacial score (nSPS) is 18.0. The van der Waals surface area contributed by atoms with Crippen molar-refractivity contribution in [2.24, 2.45) is 0 Å². The van der Waals surface area contributed by atoms with Gasteiger partial charge in [0.2, 0.25) is 0 Å². The number of hydrogen-bond donors (Lipinski definition) is 1. The molecule has 2 heterocycles. The summed E-state index contributed by atoms with van der Waals surface area (Å²) in [6.45, 7) is 10.3. The van der Waals surface area contributed by atoms with Crippen molar-refractivity contribution >= 4 is 6.09 Å². The number of hydrogen-bond acceptors (Lipinski definition) is 5. The standard InChI is InChI=1S/C19H27N5O2/c1-14-17(21-22-24(14)13-15-8-6-5-7-9-15)16-12-20-10-11-23(16)18(25)26-19(2,3)4/h5-9,16,20H,10-13H2,1-4H3. The van der Waals surface area contributed by atoms with Crippen LogP contribution in [0.5, 0.6) is 0 Å². The lowest BCUT2D eigenvalue weighted by Gasteiger charge is -2.36. The van der Waals surface area contributed by atoms with Crippen molar-refractivity contribution in [3.05, 3.63) is 47.3 Å². The maximum absolute atomic E-state index is 12.6. The van der Waals surface area contributed by atoms with E-state index in [9.17, 15) is 4.79 Å². The van der Waals surface area contributed by atoms with E-state index in [1.807, 2.05) is 50.6 Å². The zero-order valence-corrected chi connectivity index (χ0v) is 15.9. The van der Waals surface area contributed by atoms with E-state index in [1.54, 1.807) is 4.90 Å². The van der Waals surface area contributed by atoms with Gasteiger partial charge in [-0.2, -0.15) is 0 Å². The van der Waals surface area contributed by atoms with Gasteiger partial charge in [-0.05, 0) is 33.3 Å². The first-order chi connectivity index (χ1) is 12.3. The van der Waals surface area contributed by atoms with Crippen molar-refractivity contribution in [3.8, 4) is 0 Å². The number of rotatable bonds is 3. The van der Waals surface area contributed by atoms with Crippen LogP contribution in [0.15, 0.2) is 30.3 Å². The Hall–Kier alpha value is -2.41. The third-order valence-electron chi connectivity index (χ3n) is 4.38. The molecule has 1 amide bonds. The molecule has 1 aliphatic heterocycles. The average Bonchev–Trinajstić information content (AvgIpc) is 2.95. The first-order valence-electron chi connectivity index (χ1n) is 8.99. The minimum atomic E-state index is -0.521. The van der Waals surface area contributed by atoms with Crippen molar-refractivity contribution in [2.75, 3.05) is 19.6 Å².